The van der Waals surface area contributed by atoms with Crippen molar-refractivity contribution in [3.8, 4) is 23.6 Å². The maximum atomic E-state index is 12.8. The number of nitrogens with zero attached hydrogens (tertiary/aromatic N) is 2. The Morgan fingerprint density at radius 2 is 1.84 bits per heavy atom. The molecule has 0 bridgehead atoms. The number of hydrogen-bond acceptors (Lipinski definition) is 6. The molecule has 3 rings (SSSR count). The first kappa shape index (κ1) is 22.9. The molecule has 1 aromatic heterocycles. The molecule has 2 atom stereocenters. The molecule has 0 amide bonds. The summed E-state index contributed by atoms with van der Waals surface area (Å²) >= 11 is 0. The lowest BCUT2D eigenvalue weighted by Crippen LogP contribution is -2.36. The van der Waals surface area contributed by atoms with E-state index < -0.39 is 23.3 Å². The van der Waals surface area contributed by atoms with Gasteiger partial charge in [-0.15, -0.1) is 0 Å². The van der Waals surface area contributed by atoms with Gasteiger partial charge in [-0.05, 0) is 63.2 Å². The second kappa shape index (κ2) is 8.75. The molecule has 0 saturated heterocycles. The van der Waals surface area contributed by atoms with Crippen LogP contribution in [-0.4, -0.2) is 16.9 Å². The van der Waals surface area contributed by atoms with Crippen molar-refractivity contribution in [1.29, 1.82) is 5.26 Å². The number of carbonyl (C=O) groups excluding carboxylic acids is 1. The summed E-state index contributed by atoms with van der Waals surface area (Å²) in [4.78, 5) is 16.6. The van der Waals surface area contributed by atoms with Gasteiger partial charge in [0.15, 0.2) is 17.5 Å². The Morgan fingerprint density at radius 1 is 1.19 bits per heavy atom. The van der Waals surface area contributed by atoms with E-state index in [0.29, 0.717) is 11.5 Å². The number of carbonyl (C=O) groups is 1. The summed E-state index contributed by atoms with van der Waals surface area (Å²) in [5.74, 6) is 0.282. The number of hydrogen-bond donors (Lipinski definition) is 0. The number of ketones is 1. The number of Topliss-reactive ketones (excluding diaryl/α,β-unsaturated/α-hetero) is 1. The Balaban J connectivity index is 1.70. The maximum Gasteiger partial charge on any atom is 0.416 e. The molecule has 0 saturated carbocycles. The number of halogens is 3. The van der Waals surface area contributed by atoms with Crippen molar-refractivity contribution in [2.24, 2.45) is 5.41 Å². The van der Waals surface area contributed by atoms with Crippen molar-refractivity contribution in [1.82, 2.24) is 4.98 Å². The average Bonchev–Trinajstić information content (AvgIpc) is 3.15. The number of aromatic nitrogens is 1. The molecule has 3 aromatic rings. The van der Waals surface area contributed by atoms with Crippen molar-refractivity contribution in [3.05, 3.63) is 60.2 Å². The number of benzene rings is 2. The van der Waals surface area contributed by atoms with Crippen molar-refractivity contribution < 1.29 is 31.9 Å². The van der Waals surface area contributed by atoms with E-state index in [2.05, 4.69) is 4.98 Å². The lowest BCUT2D eigenvalue weighted by molar-refractivity contribution is -0.137. The molecule has 0 aliphatic rings. The van der Waals surface area contributed by atoms with Gasteiger partial charge in [0.1, 0.15) is 22.4 Å². The van der Waals surface area contributed by atoms with Gasteiger partial charge in [-0.2, -0.15) is 23.4 Å². The minimum atomic E-state index is -4.49. The zero-order valence-corrected chi connectivity index (χ0v) is 17.4. The molecule has 166 valence electrons. The van der Waals surface area contributed by atoms with E-state index in [1.165, 1.54) is 31.2 Å². The number of rotatable bonds is 7. The third-order valence-corrected chi connectivity index (χ3v) is 4.65. The van der Waals surface area contributed by atoms with Crippen LogP contribution in [0.1, 0.15) is 26.3 Å². The summed E-state index contributed by atoms with van der Waals surface area (Å²) in [6.45, 7) is 4.79. The minimum Gasteiger partial charge on any atom is -0.483 e. The summed E-state index contributed by atoms with van der Waals surface area (Å²) in [6, 6.07) is 11.1. The Kier molecular flexibility index (Phi) is 6.25. The van der Waals surface area contributed by atoms with Crippen molar-refractivity contribution >= 4 is 16.9 Å². The highest BCUT2D eigenvalue weighted by molar-refractivity contribution is 5.92. The number of alkyl halides is 3. The predicted molar refractivity (Wildman–Crippen MR) is 109 cm³/mol. The Morgan fingerprint density at radius 3 is 2.44 bits per heavy atom. The largest absolute Gasteiger partial charge is 0.483 e. The summed E-state index contributed by atoms with van der Waals surface area (Å²) in [7, 11) is 0. The topological polar surface area (TPSA) is 85.4 Å². The van der Waals surface area contributed by atoms with Gasteiger partial charge in [-0.25, -0.2) is 0 Å². The monoisotopic (exact) mass is 444 g/mol. The van der Waals surface area contributed by atoms with Gasteiger partial charge in [0.2, 0.25) is 0 Å². The molecule has 0 aliphatic carbocycles. The number of oxazole rings is 1. The third-order valence-electron chi connectivity index (χ3n) is 4.65. The van der Waals surface area contributed by atoms with Crippen LogP contribution in [0.2, 0.25) is 0 Å². The zero-order chi connectivity index (χ0) is 23.5. The van der Waals surface area contributed by atoms with E-state index in [9.17, 15) is 23.2 Å². The fraction of sp³-hybridized carbons (Fsp3) is 0.261. The molecule has 2 aromatic carbocycles. The van der Waals surface area contributed by atoms with Crippen molar-refractivity contribution in [3.63, 3.8) is 0 Å². The van der Waals surface area contributed by atoms with Crippen LogP contribution >= 0.6 is 0 Å². The quantitative estimate of drug-likeness (QED) is 0.411. The molecule has 1 heterocycles. The van der Waals surface area contributed by atoms with Crippen LogP contribution in [0.4, 0.5) is 13.2 Å². The molecule has 0 aliphatic heterocycles. The van der Waals surface area contributed by atoms with Gasteiger partial charge >= 0.3 is 12.3 Å². The highest BCUT2D eigenvalue weighted by atomic mass is 19.4. The van der Waals surface area contributed by atoms with Crippen LogP contribution in [0.3, 0.4) is 0 Å². The zero-order valence-electron chi connectivity index (χ0n) is 17.4. The second-order valence-corrected chi connectivity index (χ2v) is 7.17. The average molecular weight is 444 g/mol. The SMILES string of the molecule is CC=CC(C)(C#N)C(=O)C(C)Oc1ccc(Oc2nc3ccc(C(F)(F)F)cc3o2)cc1. The number of ether oxygens (including phenoxy) is 2. The molecule has 0 spiro atoms. The molecule has 9 heteroatoms. The first-order valence-corrected chi connectivity index (χ1v) is 9.57. The van der Waals surface area contributed by atoms with Gasteiger partial charge in [0.05, 0.1) is 11.6 Å². The first-order chi connectivity index (χ1) is 15.1. The van der Waals surface area contributed by atoms with Gasteiger partial charge < -0.3 is 13.9 Å². The predicted octanol–water partition coefficient (Wildman–Crippen LogP) is 6.08. The molecule has 0 N–H and O–H groups in total. The lowest BCUT2D eigenvalue weighted by Gasteiger charge is -2.21. The molecule has 0 fully saturated rings. The standard InChI is InChI=1S/C23H19F3N2O4/c1-4-11-22(3,13-27)20(29)14(2)30-16-6-8-17(9-7-16)31-21-28-18-10-5-15(23(24,25)26)12-19(18)32-21/h4-12,14H,1-3H3. The lowest BCUT2D eigenvalue weighted by atomic mass is 9.84. The van der Waals surface area contributed by atoms with Crippen LogP contribution in [0.25, 0.3) is 11.1 Å². The molecule has 32 heavy (non-hydrogen) atoms. The van der Waals surface area contributed by atoms with E-state index in [1.807, 2.05) is 6.07 Å². The Bertz CT molecular complexity index is 1190. The van der Waals surface area contributed by atoms with Crippen LogP contribution in [-0.2, 0) is 11.0 Å². The normalized spacial score (nSPS) is 14.7. The number of nitriles is 1. The number of fused-ring (bicyclic) bond motifs is 1. The fourth-order valence-corrected chi connectivity index (χ4v) is 3.00. The van der Waals surface area contributed by atoms with E-state index in [0.717, 1.165) is 12.1 Å². The van der Waals surface area contributed by atoms with Crippen molar-refractivity contribution in [2.45, 2.75) is 33.1 Å². The first-order valence-electron chi connectivity index (χ1n) is 9.57. The highest BCUT2D eigenvalue weighted by Gasteiger charge is 2.35. The fourth-order valence-electron chi connectivity index (χ4n) is 3.00. The van der Waals surface area contributed by atoms with E-state index >= 15 is 0 Å². The molecular weight excluding hydrogens is 425 g/mol. The Hall–Kier alpha value is -3.80. The number of allylic oxidation sites excluding steroid dienone is 2. The van der Waals surface area contributed by atoms with Crippen LogP contribution < -0.4 is 9.47 Å². The van der Waals surface area contributed by atoms with E-state index in [1.54, 1.807) is 32.1 Å². The summed E-state index contributed by atoms with van der Waals surface area (Å²) in [5, 5.41) is 9.32. The summed E-state index contributed by atoms with van der Waals surface area (Å²) < 4.78 is 54.8. The molecule has 2 unspecified atom stereocenters. The van der Waals surface area contributed by atoms with Crippen LogP contribution in [0.5, 0.6) is 17.6 Å². The minimum absolute atomic E-state index is 0.0520. The Labute approximate surface area is 181 Å². The second-order valence-electron chi connectivity index (χ2n) is 7.17. The van der Waals surface area contributed by atoms with Gasteiger partial charge in [0.25, 0.3) is 0 Å². The molecule has 0 radical (unpaired) electrons. The van der Waals surface area contributed by atoms with Crippen molar-refractivity contribution in [2.75, 3.05) is 0 Å². The summed E-state index contributed by atoms with van der Waals surface area (Å²) in [6.07, 6.45) is -2.43. The smallest absolute Gasteiger partial charge is 0.416 e. The molecular formula is C23H19F3N2O4. The van der Waals surface area contributed by atoms with E-state index in [-0.39, 0.29) is 23.0 Å². The highest BCUT2D eigenvalue weighted by Crippen LogP contribution is 2.33. The maximum absolute atomic E-state index is 12.8. The van der Waals surface area contributed by atoms with Crippen LogP contribution in [0.15, 0.2) is 59.0 Å². The summed E-state index contributed by atoms with van der Waals surface area (Å²) in [5.41, 5.74) is -1.97. The third kappa shape index (κ3) is 4.91. The van der Waals surface area contributed by atoms with Gasteiger partial charge in [-0.3, -0.25) is 4.79 Å². The van der Waals surface area contributed by atoms with Crippen LogP contribution in [0, 0.1) is 16.7 Å². The van der Waals surface area contributed by atoms with Gasteiger partial charge in [0, 0.05) is 0 Å². The van der Waals surface area contributed by atoms with Gasteiger partial charge in [-0.1, -0.05) is 12.2 Å². The van der Waals surface area contributed by atoms with E-state index in [4.69, 9.17) is 13.9 Å². The molecule has 6 nitrogen and oxygen atoms in total.